The molecule has 7 nitrogen and oxygen atoms in total. The lowest BCUT2D eigenvalue weighted by molar-refractivity contribution is -0.325. The van der Waals surface area contributed by atoms with Crippen molar-refractivity contribution >= 4 is 17.3 Å². The van der Waals surface area contributed by atoms with Gasteiger partial charge in [0, 0.05) is 11.8 Å². The summed E-state index contributed by atoms with van der Waals surface area (Å²) in [5.74, 6) is 0. The number of anilines is 1. The fourth-order valence-electron chi connectivity index (χ4n) is 3.16. The molecule has 0 saturated carbocycles. The Balaban J connectivity index is 1.47. The van der Waals surface area contributed by atoms with Crippen LogP contribution >= 0.6 is 11.6 Å². The number of aliphatic hydroxyl groups excluding tert-OH is 2. The number of halogens is 1. The van der Waals surface area contributed by atoms with Crippen molar-refractivity contribution in [2.75, 3.05) is 11.9 Å². The Bertz CT molecular complexity index is 747. The molecule has 1 unspecified atom stereocenters. The van der Waals surface area contributed by atoms with E-state index in [9.17, 15) is 10.2 Å². The van der Waals surface area contributed by atoms with Crippen LogP contribution in [-0.4, -0.2) is 52.4 Å². The third-order valence-corrected chi connectivity index (χ3v) is 4.81. The van der Waals surface area contributed by atoms with Gasteiger partial charge in [-0.25, -0.2) is 4.98 Å². The second kappa shape index (κ2) is 7.48. The highest BCUT2D eigenvalue weighted by molar-refractivity contribution is 6.31. The molecule has 0 radical (unpaired) electrons. The summed E-state index contributed by atoms with van der Waals surface area (Å²) in [4.78, 5) is 3.97. The van der Waals surface area contributed by atoms with E-state index in [2.05, 4.69) is 10.3 Å². The third kappa shape index (κ3) is 3.42. The second-order valence-electron chi connectivity index (χ2n) is 6.24. The van der Waals surface area contributed by atoms with Crippen LogP contribution in [0.1, 0.15) is 11.9 Å². The summed E-state index contributed by atoms with van der Waals surface area (Å²) in [5.41, 5.74) is 1.35. The summed E-state index contributed by atoms with van der Waals surface area (Å²) in [6, 6.07) is 12.8. The minimum absolute atomic E-state index is 0.229. The van der Waals surface area contributed by atoms with Crippen LogP contribution in [0.25, 0.3) is 0 Å². The molecular formula is C18H19ClN2O5. The van der Waals surface area contributed by atoms with E-state index in [4.69, 9.17) is 25.8 Å². The smallest absolute Gasteiger partial charge is 0.184 e. The summed E-state index contributed by atoms with van der Waals surface area (Å²) in [6.07, 6.45) is -3.50. The van der Waals surface area contributed by atoms with Crippen LogP contribution in [0, 0.1) is 0 Å². The molecule has 138 valence electrons. The number of hydrogen-bond donors (Lipinski definition) is 3. The fraction of sp³-hybridized carbons (Fsp3) is 0.389. The normalized spacial score (nSPS) is 34.1. The molecule has 3 N–H and O–H groups in total. The summed E-state index contributed by atoms with van der Waals surface area (Å²) in [7, 11) is 0. The monoisotopic (exact) mass is 378 g/mol. The Labute approximate surface area is 155 Å². The van der Waals surface area contributed by atoms with Crippen molar-refractivity contribution in [2.45, 2.75) is 36.9 Å². The number of ether oxygens (including phenoxy) is 3. The first-order valence-corrected chi connectivity index (χ1v) is 8.72. The molecule has 2 aromatic rings. The minimum atomic E-state index is -1.21. The average molecular weight is 379 g/mol. The van der Waals surface area contributed by atoms with Crippen LogP contribution < -0.4 is 5.32 Å². The van der Waals surface area contributed by atoms with Crippen molar-refractivity contribution < 1.29 is 24.4 Å². The molecule has 0 bridgehead atoms. The quantitative estimate of drug-likeness (QED) is 0.700. The number of nitrogens with zero attached hydrogens (tertiary/aromatic N) is 1. The van der Waals surface area contributed by atoms with Gasteiger partial charge in [-0.2, -0.15) is 0 Å². The maximum atomic E-state index is 10.6. The van der Waals surface area contributed by atoms with Crippen LogP contribution in [0.5, 0.6) is 0 Å². The summed E-state index contributed by atoms with van der Waals surface area (Å²) < 4.78 is 17.4. The first-order valence-electron chi connectivity index (χ1n) is 8.34. The van der Waals surface area contributed by atoms with Crippen molar-refractivity contribution in [1.82, 2.24) is 4.98 Å². The lowest BCUT2D eigenvalue weighted by atomic mass is 9.97. The topological polar surface area (TPSA) is 93.1 Å². The van der Waals surface area contributed by atoms with E-state index in [0.717, 1.165) is 5.56 Å². The zero-order valence-electron chi connectivity index (χ0n) is 13.7. The Morgan fingerprint density at radius 1 is 1.04 bits per heavy atom. The van der Waals surface area contributed by atoms with E-state index in [1.165, 1.54) is 0 Å². The van der Waals surface area contributed by atoms with Gasteiger partial charge in [-0.1, -0.05) is 41.9 Å². The molecule has 4 rings (SSSR count). The zero-order valence-corrected chi connectivity index (χ0v) is 14.5. The van der Waals surface area contributed by atoms with E-state index in [0.29, 0.717) is 5.69 Å². The van der Waals surface area contributed by atoms with Crippen molar-refractivity contribution in [3.63, 3.8) is 0 Å². The average Bonchev–Trinajstić information content (AvgIpc) is 2.68. The van der Waals surface area contributed by atoms with Gasteiger partial charge >= 0.3 is 0 Å². The van der Waals surface area contributed by atoms with Crippen LogP contribution in [0.4, 0.5) is 5.69 Å². The number of benzene rings is 1. The first kappa shape index (κ1) is 17.7. The predicted octanol–water partition coefficient (Wildman–Crippen LogP) is 1.71. The number of rotatable bonds is 3. The highest BCUT2D eigenvalue weighted by Crippen LogP contribution is 2.34. The number of aromatic nitrogens is 1. The standard InChI is InChI=1S/C18H19ClN2O5/c19-16-11(7-4-8-20-16)21-17-14(23)13(22)15-12(25-17)9-24-18(26-15)10-5-2-1-3-6-10/h1-8,12-15,17-18,21-23H,9H2/t12-,13-,14-,15-,17-,18?/m1/s1. The molecular weight excluding hydrogens is 360 g/mol. The zero-order chi connectivity index (χ0) is 18.1. The Morgan fingerprint density at radius 3 is 2.62 bits per heavy atom. The van der Waals surface area contributed by atoms with Crippen LogP contribution in [0.15, 0.2) is 48.7 Å². The van der Waals surface area contributed by atoms with Crippen LogP contribution in [0.3, 0.4) is 0 Å². The highest BCUT2D eigenvalue weighted by atomic mass is 35.5. The van der Waals surface area contributed by atoms with E-state index in [-0.39, 0.29) is 11.8 Å². The molecule has 0 amide bonds. The molecule has 3 heterocycles. The molecule has 1 aromatic carbocycles. The lowest BCUT2D eigenvalue weighted by Crippen LogP contribution is -2.63. The van der Waals surface area contributed by atoms with Crippen molar-refractivity contribution in [1.29, 1.82) is 0 Å². The van der Waals surface area contributed by atoms with Crippen molar-refractivity contribution in [3.8, 4) is 0 Å². The van der Waals surface area contributed by atoms with E-state index in [1.54, 1.807) is 18.3 Å². The van der Waals surface area contributed by atoms with Gasteiger partial charge < -0.3 is 29.7 Å². The maximum Gasteiger partial charge on any atom is 0.184 e. The summed E-state index contributed by atoms with van der Waals surface area (Å²) in [5, 5.41) is 24.2. The van der Waals surface area contributed by atoms with Gasteiger partial charge in [-0.05, 0) is 12.1 Å². The van der Waals surface area contributed by atoms with Gasteiger partial charge in [-0.15, -0.1) is 0 Å². The first-order chi connectivity index (χ1) is 12.6. The van der Waals surface area contributed by atoms with Gasteiger partial charge in [0.05, 0.1) is 12.3 Å². The molecule has 26 heavy (non-hydrogen) atoms. The number of nitrogens with one attached hydrogen (secondary N) is 1. The Hall–Kier alpha value is -1.74. The van der Waals surface area contributed by atoms with E-state index in [1.807, 2.05) is 30.3 Å². The molecule has 2 aliphatic heterocycles. The third-order valence-electron chi connectivity index (χ3n) is 4.51. The predicted molar refractivity (Wildman–Crippen MR) is 93.6 cm³/mol. The number of aliphatic hydroxyl groups is 2. The molecule has 0 aliphatic carbocycles. The van der Waals surface area contributed by atoms with Crippen LogP contribution in [-0.2, 0) is 14.2 Å². The molecule has 0 spiro atoms. The van der Waals surface area contributed by atoms with E-state index < -0.39 is 36.9 Å². The SMILES string of the molecule is O[C@@H]1[C@@H](O)[C@H](Nc2cccnc2Cl)O[C@@H]2COC(c3ccccc3)O[C@@H]12. The Morgan fingerprint density at radius 2 is 1.85 bits per heavy atom. The number of pyridine rings is 1. The Kier molecular flexibility index (Phi) is 5.08. The molecule has 8 heteroatoms. The highest BCUT2D eigenvalue weighted by Gasteiger charge is 2.48. The molecule has 6 atom stereocenters. The van der Waals surface area contributed by atoms with Gasteiger partial charge in [0.15, 0.2) is 17.7 Å². The van der Waals surface area contributed by atoms with Gasteiger partial charge in [0.25, 0.3) is 0 Å². The molecule has 2 saturated heterocycles. The molecule has 2 fully saturated rings. The largest absolute Gasteiger partial charge is 0.387 e. The van der Waals surface area contributed by atoms with Crippen molar-refractivity contribution in [3.05, 3.63) is 59.4 Å². The molecule has 1 aromatic heterocycles. The van der Waals surface area contributed by atoms with Crippen molar-refractivity contribution in [2.24, 2.45) is 0 Å². The lowest BCUT2D eigenvalue weighted by Gasteiger charge is -2.46. The number of hydrogen-bond acceptors (Lipinski definition) is 7. The van der Waals surface area contributed by atoms with Crippen LogP contribution in [0.2, 0.25) is 5.15 Å². The maximum absolute atomic E-state index is 10.6. The number of fused-ring (bicyclic) bond motifs is 1. The molecule has 2 aliphatic rings. The fourth-order valence-corrected chi connectivity index (χ4v) is 3.33. The van der Waals surface area contributed by atoms with Gasteiger partial charge in [0.1, 0.15) is 24.4 Å². The van der Waals surface area contributed by atoms with Gasteiger partial charge in [0.2, 0.25) is 0 Å². The van der Waals surface area contributed by atoms with Gasteiger partial charge in [-0.3, -0.25) is 0 Å². The minimum Gasteiger partial charge on any atom is -0.387 e. The second-order valence-corrected chi connectivity index (χ2v) is 6.60. The summed E-state index contributed by atoms with van der Waals surface area (Å²) in [6.45, 7) is 0.229. The summed E-state index contributed by atoms with van der Waals surface area (Å²) >= 11 is 6.03. The van der Waals surface area contributed by atoms with E-state index >= 15 is 0 Å².